The van der Waals surface area contributed by atoms with Crippen molar-refractivity contribution in [2.24, 2.45) is 5.92 Å². The smallest absolute Gasteiger partial charge is 0.229 e. The highest BCUT2D eigenvalue weighted by Crippen LogP contribution is 2.51. The van der Waals surface area contributed by atoms with Gasteiger partial charge in [-0.25, -0.2) is 0 Å². The first-order valence-corrected chi connectivity index (χ1v) is 13.6. The van der Waals surface area contributed by atoms with Crippen LogP contribution in [0.5, 0.6) is 5.75 Å². The van der Waals surface area contributed by atoms with Crippen molar-refractivity contribution < 1.29 is 9.53 Å². The molecule has 5 heteroatoms. The minimum Gasteiger partial charge on any atom is -0.497 e. The van der Waals surface area contributed by atoms with Gasteiger partial charge in [-0.05, 0) is 69.2 Å². The lowest BCUT2D eigenvalue weighted by atomic mass is 9.86. The minimum atomic E-state index is -0.0537. The molecule has 0 saturated carbocycles. The maximum absolute atomic E-state index is 13.0. The van der Waals surface area contributed by atoms with Crippen LogP contribution in [-0.4, -0.2) is 71.5 Å². The van der Waals surface area contributed by atoms with Crippen LogP contribution >= 0.6 is 0 Å². The van der Waals surface area contributed by atoms with Gasteiger partial charge in [-0.2, -0.15) is 0 Å². The number of methoxy groups -OCH3 is 1. The Morgan fingerprint density at radius 2 is 1.83 bits per heavy atom. The summed E-state index contributed by atoms with van der Waals surface area (Å²) in [5.74, 6) is 1.10. The number of benzene rings is 1. The molecule has 1 amide bonds. The van der Waals surface area contributed by atoms with Gasteiger partial charge in [0.25, 0.3) is 0 Å². The molecule has 1 aromatic rings. The van der Waals surface area contributed by atoms with Crippen LogP contribution in [0.4, 0.5) is 0 Å². The molecule has 4 bridgehead atoms. The number of ether oxygens (including phenoxy) is 1. The summed E-state index contributed by atoms with van der Waals surface area (Å²) in [7, 11) is 1.75. The van der Waals surface area contributed by atoms with Gasteiger partial charge in [0.15, 0.2) is 0 Å². The number of amides is 1. The van der Waals surface area contributed by atoms with Crippen molar-refractivity contribution in [2.75, 3.05) is 26.7 Å². The summed E-state index contributed by atoms with van der Waals surface area (Å²) in [6.45, 7) is 10.7. The first kappa shape index (κ1) is 24.3. The molecule has 0 N–H and O–H groups in total. The number of carbonyl (C=O) groups excluding carboxylic acids is 1. The van der Waals surface area contributed by atoms with Crippen molar-refractivity contribution in [3.05, 3.63) is 66.3 Å². The number of allylic oxidation sites excluding steroid dienone is 1. The van der Waals surface area contributed by atoms with Crippen molar-refractivity contribution in [1.29, 1.82) is 0 Å². The van der Waals surface area contributed by atoms with Crippen LogP contribution in [-0.2, 0) is 4.79 Å². The number of carbonyl (C=O) groups is 1. The summed E-state index contributed by atoms with van der Waals surface area (Å²) in [5, 5.41) is 0. The monoisotopic (exact) mass is 475 g/mol. The SMILES string of the molecule is C=CCN1C2CCC1C1CCC2N1C(C1=CCC(C(=O)N(CC)CC)C=C1)c1cccc(OC)c1. The molecule has 1 aromatic carbocycles. The van der Waals surface area contributed by atoms with E-state index in [9.17, 15) is 4.79 Å². The highest BCUT2D eigenvalue weighted by molar-refractivity contribution is 5.81. The topological polar surface area (TPSA) is 36.0 Å². The fourth-order valence-electron chi connectivity index (χ4n) is 7.36. The van der Waals surface area contributed by atoms with Crippen LogP contribution in [0.1, 0.15) is 57.6 Å². The fraction of sp³-hybridized carbons (Fsp3) is 0.567. The highest BCUT2D eigenvalue weighted by Gasteiger charge is 2.56. The molecular weight excluding hydrogens is 434 g/mol. The van der Waals surface area contributed by atoms with E-state index in [1.807, 2.05) is 11.0 Å². The summed E-state index contributed by atoms with van der Waals surface area (Å²) in [6, 6.07) is 11.1. The largest absolute Gasteiger partial charge is 0.497 e. The van der Waals surface area contributed by atoms with Gasteiger partial charge in [0.2, 0.25) is 5.91 Å². The lowest BCUT2D eigenvalue weighted by Crippen LogP contribution is -2.61. The molecule has 3 saturated heterocycles. The van der Waals surface area contributed by atoms with Crippen LogP contribution in [0.25, 0.3) is 0 Å². The van der Waals surface area contributed by atoms with Crippen molar-refractivity contribution in [3.63, 3.8) is 0 Å². The molecule has 0 radical (unpaired) electrons. The Labute approximate surface area is 211 Å². The summed E-state index contributed by atoms with van der Waals surface area (Å²) in [6.07, 6.45) is 14.7. The zero-order chi connectivity index (χ0) is 24.5. The highest BCUT2D eigenvalue weighted by atomic mass is 16.5. The number of rotatable bonds is 9. The second-order valence-electron chi connectivity index (χ2n) is 10.5. The lowest BCUT2D eigenvalue weighted by molar-refractivity contribution is -0.133. The van der Waals surface area contributed by atoms with Gasteiger partial charge >= 0.3 is 0 Å². The van der Waals surface area contributed by atoms with E-state index in [1.165, 1.54) is 36.8 Å². The third-order valence-electron chi connectivity index (χ3n) is 8.91. The molecule has 3 aliphatic heterocycles. The Balaban J connectivity index is 1.48. The van der Waals surface area contributed by atoms with Crippen molar-refractivity contribution in [2.45, 2.75) is 76.2 Å². The first-order chi connectivity index (χ1) is 17.1. The second kappa shape index (κ2) is 10.3. The zero-order valence-electron chi connectivity index (χ0n) is 21.6. The van der Waals surface area contributed by atoms with Gasteiger partial charge in [-0.3, -0.25) is 14.6 Å². The molecule has 3 fully saturated rings. The summed E-state index contributed by atoms with van der Waals surface area (Å²) in [4.78, 5) is 20.5. The maximum Gasteiger partial charge on any atom is 0.229 e. The molecule has 0 aromatic heterocycles. The third kappa shape index (κ3) is 4.27. The van der Waals surface area contributed by atoms with E-state index in [-0.39, 0.29) is 17.9 Å². The number of nitrogens with zero attached hydrogens (tertiary/aromatic N) is 3. The molecule has 6 atom stereocenters. The van der Waals surface area contributed by atoms with E-state index in [2.05, 4.69) is 72.7 Å². The van der Waals surface area contributed by atoms with E-state index < -0.39 is 0 Å². The minimum absolute atomic E-state index is 0.0537. The Bertz CT molecular complexity index is 977. The Morgan fingerprint density at radius 3 is 2.40 bits per heavy atom. The number of hydrogen-bond donors (Lipinski definition) is 0. The number of fused-ring (bicyclic) bond motifs is 6. The van der Waals surface area contributed by atoms with Gasteiger partial charge in [0.1, 0.15) is 5.75 Å². The van der Waals surface area contributed by atoms with E-state index >= 15 is 0 Å². The van der Waals surface area contributed by atoms with Gasteiger partial charge in [-0.1, -0.05) is 36.4 Å². The molecule has 4 aliphatic rings. The average molecular weight is 476 g/mol. The van der Waals surface area contributed by atoms with Crippen molar-refractivity contribution in [3.8, 4) is 5.75 Å². The van der Waals surface area contributed by atoms with Crippen LogP contribution < -0.4 is 4.74 Å². The summed E-state index contributed by atoms with van der Waals surface area (Å²) < 4.78 is 5.63. The molecular formula is C30H41N3O2. The van der Waals surface area contributed by atoms with E-state index in [0.717, 1.165) is 31.8 Å². The molecule has 3 heterocycles. The number of hydrogen-bond acceptors (Lipinski definition) is 4. The lowest BCUT2D eigenvalue weighted by Gasteiger charge is -2.50. The van der Waals surface area contributed by atoms with Crippen LogP contribution in [0.3, 0.4) is 0 Å². The van der Waals surface area contributed by atoms with Crippen LogP contribution in [0, 0.1) is 5.92 Å². The zero-order valence-corrected chi connectivity index (χ0v) is 21.6. The second-order valence-corrected chi connectivity index (χ2v) is 10.5. The first-order valence-electron chi connectivity index (χ1n) is 13.6. The molecule has 188 valence electrons. The van der Waals surface area contributed by atoms with Gasteiger partial charge < -0.3 is 9.64 Å². The normalized spacial score (nSPS) is 30.7. The van der Waals surface area contributed by atoms with Crippen molar-refractivity contribution in [1.82, 2.24) is 14.7 Å². The van der Waals surface area contributed by atoms with Crippen LogP contribution in [0.15, 0.2) is 60.7 Å². The molecule has 0 spiro atoms. The van der Waals surface area contributed by atoms with Gasteiger partial charge in [-0.15, -0.1) is 6.58 Å². The fourth-order valence-corrected chi connectivity index (χ4v) is 7.36. The third-order valence-corrected chi connectivity index (χ3v) is 8.91. The number of piperazine rings is 1. The molecule has 5 rings (SSSR count). The van der Waals surface area contributed by atoms with E-state index in [4.69, 9.17) is 4.74 Å². The quantitative estimate of drug-likeness (QED) is 0.473. The van der Waals surface area contributed by atoms with E-state index in [1.54, 1.807) is 7.11 Å². The molecule has 6 unspecified atom stereocenters. The average Bonchev–Trinajstić information content (AvgIpc) is 3.40. The van der Waals surface area contributed by atoms with Crippen LogP contribution in [0.2, 0.25) is 0 Å². The molecule has 5 nitrogen and oxygen atoms in total. The van der Waals surface area contributed by atoms with Gasteiger partial charge in [0, 0.05) is 43.8 Å². The Kier molecular flexibility index (Phi) is 7.17. The van der Waals surface area contributed by atoms with Crippen molar-refractivity contribution >= 4 is 5.91 Å². The Morgan fingerprint density at radius 1 is 1.14 bits per heavy atom. The Hall–Kier alpha value is -2.37. The maximum atomic E-state index is 13.0. The van der Waals surface area contributed by atoms with E-state index in [0.29, 0.717) is 24.2 Å². The standard InChI is InChI=1S/C30H41N3O2/c1-5-19-32-25-15-16-26(32)28-18-17-27(25)33(28)29(23-9-8-10-24(20-23)35-4)21-11-13-22(14-12-21)30(34)31(6-2)7-3/h5,8-13,20,22,25-29H,1,6-7,14-19H2,2-4H3. The predicted molar refractivity (Wildman–Crippen MR) is 141 cm³/mol. The van der Waals surface area contributed by atoms with Gasteiger partial charge in [0.05, 0.1) is 19.1 Å². The summed E-state index contributed by atoms with van der Waals surface area (Å²) in [5.41, 5.74) is 2.62. The summed E-state index contributed by atoms with van der Waals surface area (Å²) >= 11 is 0. The molecule has 1 aliphatic carbocycles. The molecule has 35 heavy (non-hydrogen) atoms. The predicted octanol–water partition coefficient (Wildman–Crippen LogP) is 4.97.